The van der Waals surface area contributed by atoms with E-state index in [0.29, 0.717) is 5.02 Å². The summed E-state index contributed by atoms with van der Waals surface area (Å²) in [6.07, 6.45) is -4.32. The summed E-state index contributed by atoms with van der Waals surface area (Å²) in [5, 5.41) is 0.663. The maximum atomic E-state index is 12.7. The van der Waals surface area contributed by atoms with Crippen LogP contribution in [0.3, 0.4) is 0 Å². The maximum absolute atomic E-state index is 12.7. The van der Waals surface area contributed by atoms with E-state index in [1.807, 2.05) is 60.5 Å². The molecular weight excluding hydrogens is 347 g/mol. The van der Waals surface area contributed by atoms with E-state index >= 15 is 0 Å². The van der Waals surface area contributed by atoms with Gasteiger partial charge in [-0.1, -0.05) is 35.9 Å². The molecule has 25 heavy (non-hydrogen) atoms. The van der Waals surface area contributed by atoms with E-state index < -0.39 is 11.7 Å². The molecule has 0 saturated heterocycles. The van der Waals surface area contributed by atoms with Gasteiger partial charge in [-0.25, -0.2) is 0 Å². The number of alkyl halides is 3. The van der Waals surface area contributed by atoms with Crippen molar-refractivity contribution >= 4 is 23.0 Å². The van der Waals surface area contributed by atoms with Crippen LogP contribution in [-0.4, -0.2) is 7.05 Å². The van der Waals surface area contributed by atoms with Crippen LogP contribution < -0.4 is 4.90 Å². The second kappa shape index (κ2) is 6.81. The highest BCUT2D eigenvalue weighted by Crippen LogP contribution is 2.32. The van der Waals surface area contributed by atoms with E-state index in [9.17, 15) is 13.2 Å². The molecule has 0 aliphatic heterocycles. The topological polar surface area (TPSA) is 3.24 Å². The van der Waals surface area contributed by atoms with Crippen molar-refractivity contribution in [2.75, 3.05) is 11.9 Å². The van der Waals surface area contributed by atoms with E-state index in [4.69, 9.17) is 11.6 Å². The standard InChI is InChI=1S/C20H15ClF3N/c1-25(18-11-9-17(21)10-12-18)19-4-2-3-15(13-19)14-5-7-16(8-6-14)20(22,23)24/h2-13H,1H3. The van der Waals surface area contributed by atoms with Gasteiger partial charge in [0.05, 0.1) is 5.56 Å². The predicted molar refractivity (Wildman–Crippen MR) is 96.4 cm³/mol. The first kappa shape index (κ1) is 17.4. The van der Waals surface area contributed by atoms with Crippen LogP contribution in [0.5, 0.6) is 0 Å². The van der Waals surface area contributed by atoms with Gasteiger partial charge in [-0.2, -0.15) is 13.2 Å². The molecule has 3 aromatic carbocycles. The molecule has 0 heterocycles. The SMILES string of the molecule is CN(c1ccc(Cl)cc1)c1cccc(-c2ccc(C(F)(F)F)cc2)c1. The van der Waals surface area contributed by atoms with Gasteiger partial charge < -0.3 is 4.90 Å². The minimum absolute atomic E-state index is 0.648. The van der Waals surface area contributed by atoms with Gasteiger partial charge in [-0.05, 0) is 59.7 Å². The van der Waals surface area contributed by atoms with Gasteiger partial charge in [0.15, 0.2) is 0 Å². The van der Waals surface area contributed by atoms with Gasteiger partial charge in [-0.3, -0.25) is 0 Å². The molecule has 5 heteroatoms. The van der Waals surface area contributed by atoms with Gasteiger partial charge in [0.1, 0.15) is 0 Å². The fourth-order valence-electron chi connectivity index (χ4n) is 2.56. The zero-order chi connectivity index (χ0) is 18.0. The predicted octanol–water partition coefficient (Wildman–Crippen LogP) is 6.79. The van der Waals surface area contributed by atoms with Crippen LogP contribution in [-0.2, 0) is 6.18 Å². The lowest BCUT2D eigenvalue weighted by Crippen LogP contribution is -2.09. The van der Waals surface area contributed by atoms with Crippen molar-refractivity contribution in [1.82, 2.24) is 0 Å². The van der Waals surface area contributed by atoms with E-state index in [1.54, 1.807) is 0 Å². The first-order valence-electron chi connectivity index (χ1n) is 7.61. The number of hydrogen-bond acceptors (Lipinski definition) is 1. The molecule has 0 unspecified atom stereocenters. The normalized spacial score (nSPS) is 11.4. The summed E-state index contributed by atoms with van der Waals surface area (Å²) in [5.74, 6) is 0. The van der Waals surface area contributed by atoms with E-state index in [-0.39, 0.29) is 0 Å². The Labute approximate surface area is 149 Å². The lowest BCUT2D eigenvalue weighted by Gasteiger charge is -2.20. The van der Waals surface area contributed by atoms with Crippen molar-refractivity contribution in [1.29, 1.82) is 0 Å². The van der Waals surface area contributed by atoms with Gasteiger partial charge in [0, 0.05) is 23.4 Å². The molecule has 0 saturated carbocycles. The molecule has 1 nitrogen and oxygen atoms in total. The fraction of sp³-hybridized carbons (Fsp3) is 0.100. The third-order valence-corrected chi connectivity index (χ3v) is 4.24. The Kier molecular flexibility index (Phi) is 4.73. The Morgan fingerprint density at radius 1 is 0.760 bits per heavy atom. The summed E-state index contributed by atoms with van der Waals surface area (Å²) in [4.78, 5) is 1.99. The van der Waals surface area contributed by atoms with Gasteiger partial charge in [0.25, 0.3) is 0 Å². The Morgan fingerprint density at radius 3 is 2.00 bits per heavy atom. The average molecular weight is 362 g/mol. The molecule has 0 atom stereocenters. The van der Waals surface area contributed by atoms with Crippen molar-refractivity contribution in [3.05, 3.63) is 83.4 Å². The van der Waals surface area contributed by atoms with Crippen LogP contribution in [0.15, 0.2) is 72.8 Å². The maximum Gasteiger partial charge on any atom is 0.416 e. The molecule has 0 radical (unpaired) electrons. The summed E-state index contributed by atoms with van der Waals surface area (Å²) in [6.45, 7) is 0. The molecule has 0 fully saturated rings. The third-order valence-electron chi connectivity index (χ3n) is 3.99. The molecule has 0 bridgehead atoms. The van der Waals surface area contributed by atoms with Gasteiger partial charge >= 0.3 is 6.18 Å². The molecule has 3 aromatic rings. The molecule has 0 N–H and O–H groups in total. The first-order valence-corrected chi connectivity index (χ1v) is 7.99. The molecule has 3 rings (SSSR count). The molecule has 0 aromatic heterocycles. The zero-order valence-electron chi connectivity index (χ0n) is 13.4. The summed E-state index contributed by atoms with van der Waals surface area (Å²) < 4.78 is 38.1. The van der Waals surface area contributed by atoms with E-state index in [1.165, 1.54) is 12.1 Å². The summed E-state index contributed by atoms with van der Waals surface area (Å²) in [5.41, 5.74) is 2.84. The van der Waals surface area contributed by atoms with Gasteiger partial charge in [-0.15, -0.1) is 0 Å². The van der Waals surface area contributed by atoms with Crippen LogP contribution in [0.1, 0.15) is 5.56 Å². The zero-order valence-corrected chi connectivity index (χ0v) is 14.1. The Balaban J connectivity index is 1.90. The molecule has 0 aliphatic carbocycles. The highest BCUT2D eigenvalue weighted by Gasteiger charge is 2.29. The Bertz CT molecular complexity index is 855. The van der Waals surface area contributed by atoms with Crippen LogP contribution >= 0.6 is 11.6 Å². The van der Waals surface area contributed by atoms with Crippen molar-refractivity contribution < 1.29 is 13.2 Å². The highest BCUT2D eigenvalue weighted by atomic mass is 35.5. The first-order chi connectivity index (χ1) is 11.8. The summed E-state index contributed by atoms with van der Waals surface area (Å²) in [6, 6.07) is 20.3. The van der Waals surface area contributed by atoms with Crippen LogP contribution in [0, 0.1) is 0 Å². The van der Waals surface area contributed by atoms with Crippen LogP contribution in [0.4, 0.5) is 24.5 Å². The minimum Gasteiger partial charge on any atom is -0.345 e. The smallest absolute Gasteiger partial charge is 0.345 e. The third kappa shape index (κ3) is 3.97. The summed E-state index contributed by atoms with van der Waals surface area (Å²) in [7, 11) is 1.93. The number of hydrogen-bond donors (Lipinski definition) is 0. The number of halogens is 4. The van der Waals surface area contributed by atoms with Crippen LogP contribution in [0.2, 0.25) is 5.02 Å². The van der Waals surface area contributed by atoms with Crippen molar-refractivity contribution in [3.8, 4) is 11.1 Å². The second-order valence-corrected chi connectivity index (χ2v) is 6.10. The second-order valence-electron chi connectivity index (χ2n) is 5.66. The summed E-state index contributed by atoms with van der Waals surface area (Å²) >= 11 is 5.91. The number of rotatable bonds is 3. The van der Waals surface area contributed by atoms with Crippen LogP contribution in [0.25, 0.3) is 11.1 Å². The largest absolute Gasteiger partial charge is 0.416 e. The Morgan fingerprint density at radius 2 is 1.40 bits per heavy atom. The van der Waals surface area contributed by atoms with Crippen molar-refractivity contribution in [3.63, 3.8) is 0 Å². The Hall–Kier alpha value is -2.46. The average Bonchev–Trinajstić information content (AvgIpc) is 2.61. The molecule has 128 valence electrons. The number of nitrogens with zero attached hydrogens (tertiary/aromatic N) is 1. The van der Waals surface area contributed by atoms with E-state index in [0.717, 1.165) is 34.6 Å². The monoisotopic (exact) mass is 361 g/mol. The lowest BCUT2D eigenvalue weighted by atomic mass is 10.0. The molecular formula is C20H15ClF3N. The highest BCUT2D eigenvalue weighted by molar-refractivity contribution is 6.30. The van der Waals surface area contributed by atoms with E-state index in [2.05, 4.69) is 0 Å². The minimum atomic E-state index is -4.32. The lowest BCUT2D eigenvalue weighted by molar-refractivity contribution is -0.137. The van der Waals surface area contributed by atoms with Crippen molar-refractivity contribution in [2.45, 2.75) is 6.18 Å². The number of benzene rings is 3. The number of anilines is 2. The molecule has 0 aliphatic rings. The van der Waals surface area contributed by atoms with Gasteiger partial charge in [0.2, 0.25) is 0 Å². The van der Waals surface area contributed by atoms with Crippen molar-refractivity contribution in [2.24, 2.45) is 0 Å². The quantitative estimate of drug-likeness (QED) is 0.496. The molecule has 0 spiro atoms. The fourth-order valence-corrected chi connectivity index (χ4v) is 2.69. The molecule has 0 amide bonds.